The third-order valence-electron chi connectivity index (χ3n) is 2.93. The van der Waals surface area contributed by atoms with E-state index in [1.807, 2.05) is 0 Å². The van der Waals surface area contributed by atoms with Crippen LogP contribution in [0.1, 0.15) is 18.4 Å². The number of ether oxygens (including phenoxy) is 3. The fourth-order valence-electron chi connectivity index (χ4n) is 1.92. The topological polar surface area (TPSA) is 44.8 Å². The van der Waals surface area contributed by atoms with E-state index < -0.39 is 11.4 Å². The molecule has 1 heterocycles. The SMILES string of the molecule is O=COC1(c2cc3c(cc2F)OCO3)CC1. The lowest BCUT2D eigenvalue weighted by Gasteiger charge is -2.14. The van der Waals surface area contributed by atoms with Gasteiger partial charge in [0, 0.05) is 11.6 Å². The van der Waals surface area contributed by atoms with Gasteiger partial charge in [-0.1, -0.05) is 0 Å². The lowest BCUT2D eigenvalue weighted by atomic mass is 10.1. The largest absolute Gasteiger partial charge is 0.456 e. The van der Waals surface area contributed by atoms with Crippen molar-refractivity contribution >= 4 is 6.47 Å². The van der Waals surface area contributed by atoms with E-state index in [0.29, 0.717) is 36.4 Å². The molecule has 0 bridgehead atoms. The number of benzene rings is 1. The number of rotatable bonds is 3. The van der Waals surface area contributed by atoms with Crippen LogP contribution in [-0.4, -0.2) is 13.3 Å². The molecule has 5 heteroatoms. The third kappa shape index (κ3) is 1.24. The molecule has 0 unspecified atom stereocenters. The van der Waals surface area contributed by atoms with E-state index in [9.17, 15) is 9.18 Å². The molecule has 3 rings (SSSR count). The van der Waals surface area contributed by atoms with Gasteiger partial charge in [0.1, 0.15) is 11.4 Å². The minimum atomic E-state index is -0.785. The van der Waals surface area contributed by atoms with E-state index in [-0.39, 0.29) is 6.79 Å². The molecule has 1 aliphatic carbocycles. The summed E-state index contributed by atoms with van der Waals surface area (Å²) in [6, 6.07) is 2.82. The Morgan fingerprint density at radius 1 is 1.31 bits per heavy atom. The van der Waals surface area contributed by atoms with E-state index in [0.717, 1.165) is 0 Å². The zero-order valence-corrected chi connectivity index (χ0v) is 8.36. The van der Waals surface area contributed by atoms with Gasteiger partial charge >= 0.3 is 0 Å². The summed E-state index contributed by atoms with van der Waals surface area (Å²) in [6.07, 6.45) is 1.28. The molecule has 16 heavy (non-hydrogen) atoms. The summed E-state index contributed by atoms with van der Waals surface area (Å²) in [4.78, 5) is 10.4. The zero-order chi connectivity index (χ0) is 11.2. The van der Waals surface area contributed by atoms with Crippen molar-refractivity contribution < 1.29 is 23.4 Å². The summed E-state index contributed by atoms with van der Waals surface area (Å²) in [6.45, 7) is 0.455. The Morgan fingerprint density at radius 3 is 2.62 bits per heavy atom. The van der Waals surface area contributed by atoms with E-state index in [1.165, 1.54) is 6.07 Å². The maximum Gasteiger partial charge on any atom is 0.293 e. The summed E-state index contributed by atoms with van der Waals surface area (Å²) in [5, 5.41) is 0. The van der Waals surface area contributed by atoms with Gasteiger partial charge in [0.05, 0.1) is 0 Å². The Bertz CT molecular complexity index is 454. The molecule has 1 aliphatic heterocycles. The molecule has 0 amide bonds. The van der Waals surface area contributed by atoms with Gasteiger partial charge in [0.25, 0.3) is 6.47 Å². The van der Waals surface area contributed by atoms with Crippen LogP contribution in [0, 0.1) is 5.82 Å². The number of carbonyl (C=O) groups is 1. The monoisotopic (exact) mass is 224 g/mol. The number of hydrogen-bond donors (Lipinski definition) is 0. The lowest BCUT2D eigenvalue weighted by Crippen LogP contribution is -2.12. The molecule has 0 spiro atoms. The minimum absolute atomic E-state index is 0.0970. The van der Waals surface area contributed by atoms with Gasteiger partial charge in [-0.3, -0.25) is 4.79 Å². The zero-order valence-electron chi connectivity index (χ0n) is 8.36. The molecule has 1 aromatic carbocycles. The summed E-state index contributed by atoms with van der Waals surface area (Å²) in [7, 11) is 0. The van der Waals surface area contributed by atoms with E-state index in [2.05, 4.69) is 0 Å². The Morgan fingerprint density at radius 2 is 2.00 bits per heavy atom. The van der Waals surface area contributed by atoms with Crippen LogP contribution in [0.15, 0.2) is 12.1 Å². The molecule has 0 saturated heterocycles. The first-order chi connectivity index (χ1) is 7.75. The molecule has 0 radical (unpaired) electrons. The van der Waals surface area contributed by atoms with Crippen LogP contribution in [0.3, 0.4) is 0 Å². The standard InChI is InChI=1S/C11H9FO4/c12-8-4-10-9(14-6-15-10)3-7(8)11(1-2-11)16-5-13/h3-5H,1-2,6H2. The fraction of sp³-hybridized carbons (Fsp3) is 0.364. The van der Waals surface area contributed by atoms with Crippen LogP contribution < -0.4 is 9.47 Å². The van der Waals surface area contributed by atoms with Crippen molar-refractivity contribution in [3.63, 3.8) is 0 Å². The molecule has 1 aromatic rings. The average molecular weight is 224 g/mol. The Balaban J connectivity index is 2.04. The molecule has 0 N–H and O–H groups in total. The second-order valence-electron chi connectivity index (χ2n) is 3.89. The maximum absolute atomic E-state index is 13.8. The van der Waals surface area contributed by atoms with Crippen LogP contribution >= 0.6 is 0 Å². The quantitative estimate of drug-likeness (QED) is 0.733. The maximum atomic E-state index is 13.8. The van der Waals surface area contributed by atoms with Gasteiger partial charge in [0.15, 0.2) is 11.5 Å². The predicted octanol–water partition coefficient (Wildman–Crippen LogP) is 1.72. The second-order valence-corrected chi connectivity index (χ2v) is 3.89. The first-order valence-electron chi connectivity index (χ1n) is 4.96. The van der Waals surface area contributed by atoms with Crippen molar-refractivity contribution in [3.8, 4) is 11.5 Å². The van der Waals surface area contributed by atoms with Crippen molar-refractivity contribution in [3.05, 3.63) is 23.5 Å². The molecule has 0 aromatic heterocycles. The summed E-state index contributed by atoms with van der Waals surface area (Å²) in [5.41, 5.74) is -0.420. The molecular weight excluding hydrogens is 215 g/mol. The van der Waals surface area contributed by atoms with Gasteiger partial charge in [-0.05, 0) is 18.9 Å². The summed E-state index contributed by atoms with van der Waals surface area (Å²) >= 11 is 0. The van der Waals surface area contributed by atoms with Crippen molar-refractivity contribution in [2.75, 3.05) is 6.79 Å². The smallest absolute Gasteiger partial charge is 0.293 e. The molecule has 4 nitrogen and oxygen atoms in total. The highest BCUT2D eigenvalue weighted by Crippen LogP contribution is 2.51. The van der Waals surface area contributed by atoms with Crippen molar-refractivity contribution in [1.82, 2.24) is 0 Å². The average Bonchev–Trinajstić information content (AvgIpc) is 2.89. The molecule has 1 fully saturated rings. The highest BCUT2D eigenvalue weighted by molar-refractivity contribution is 5.50. The molecule has 2 aliphatic rings. The molecule has 1 saturated carbocycles. The first kappa shape index (κ1) is 9.45. The number of halogens is 1. The predicted molar refractivity (Wildman–Crippen MR) is 50.6 cm³/mol. The van der Waals surface area contributed by atoms with Crippen molar-refractivity contribution in [2.45, 2.75) is 18.4 Å². The van der Waals surface area contributed by atoms with E-state index in [4.69, 9.17) is 14.2 Å². The summed E-state index contributed by atoms with van der Waals surface area (Å²) in [5.74, 6) is 0.462. The van der Waals surface area contributed by atoms with Crippen LogP contribution in [0.25, 0.3) is 0 Å². The van der Waals surface area contributed by atoms with Crippen LogP contribution in [-0.2, 0) is 15.1 Å². The molecular formula is C11H9FO4. The highest BCUT2D eigenvalue weighted by atomic mass is 19.1. The van der Waals surface area contributed by atoms with Gasteiger partial charge in [-0.2, -0.15) is 0 Å². The number of fused-ring (bicyclic) bond motifs is 1. The number of carbonyl (C=O) groups excluding carboxylic acids is 1. The Kier molecular flexibility index (Phi) is 1.83. The molecule has 0 atom stereocenters. The van der Waals surface area contributed by atoms with Gasteiger partial charge < -0.3 is 14.2 Å². The number of hydrogen-bond acceptors (Lipinski definition) is 4. The van der Waals surface area contributed by atoms with E-state index >= 15 is 0 Å². The Hall–Kier alpha value is -1.78. The van der Waals surface area contributed by atoms with Crippen molar-refractivity contribution in [2.24, 2.45) is 0 Å². The van der Waals surface area contributed by atoms with Gasteiger partial charge in [-0.25, -0.2) is 4.39 Å². The third-order valence-corrected chi connectivity index (χ3v) is 2.93. The van der Waals surface area contributed by atoms with Crippen molar-refractivity contribution in [1.29, 1.82) is 0 Å². The van der Waals surface area contributed by atoms with Gasteiger partial charge in [-0.15, -0.1) is 0 Å². The minimum Gasteiger partial charge on any atom is -0.456 e. The van der Waals surface area contributed by atoms with E-state index in [1.54, 1.807) is 6.07 Å². The van der Waals surface area contributed by atoms with Crippen LogP contribution in [0.2, 0.25) is 0 Å². The van der Waals surface area contributed by atoms with Crippen LogP contribution in [0.4, 0.5) is 4.39 Å². The second kappa shape index (κ2) is 3.10. The lowest BCUT2D eigenvalue weighted by molar-refractivity contribution is -0.136. The normalized spacial score (nSPS) is 19.3. The highest BCUT2D eigenvalue weighted by Gasteiger charge is 2.49. The molecule has 84 valence electrons. The first-order valence-corrected chi connectivity index (χ1v) is 4.96. The van der Waals surface area contributed by atoms with Gasteiger partial charge in [0.2, 0.25) is 6.79 Å². The Labute approximate surface area is 90.9 Å². The summed E-state index contributed by atoms with van der Waals surface area (Å²) < 4.78 is 28.9. The fourth-order valence-corrected chi connectivity index (χ4v) is 1.92. The van der Waals surface area contributed by atoms with Crippen LogP contribution in [0.5, 0.6) is 11.5 Å².